The first-order valence-corrected chi connectivity index (χ1v) is 14.0. The summed E-state index contributed by atoms with van der Waals surface area (Å²) in [6, 6.07) is 19.8. The molecule has 0 fully saturated rings. The number of aryl methyl sites for hydroxylation is 1. The summed E-state index contributed by atoms with van der Waals surface area (Å²) >= 11 is 0. The molecule has 3 aromatic rings. The number of phenolic OH excluding ortho intramolecular Hbond substituents is 1. The van der Waals surface area contributed by atoms with Crippen molar-refractivity contribution >= 4 is 17.9 Å². The Hall–Kier alpha value is -3.60. The number of rotatable bonds is 16. The molecule has 1 N–H and O–H groups in total. The molecule has 5 heteroatoms. The summed E-state index contributed by atoms with van der Waals surface area (Å²) < 4.78 is 11.2. The summed E-state index contributed by atoms with van der Waals surface area (Å²) in [6.45, 7) is 5.10. The molecule has 202 valence electrons. The number of ether oxygens (including phenoxy) is 2. The van der Waals surface area contributed by atoms with Crippen molar-refractivity contribution < 1.29 is 19.4 Å². The van der Waals surface area contributed by atoms with Crippen molar-refractivity contribution in [3.8, 4) is 17.2 Å². The van der Waals surface area contributed by atoms with Crippen LogP contribution in [0.2, 0.25) is 0 Å². The van der Waals surface area contributed by atoms with Gasteiger partial charge in [0.2, 0.25) is 0 Å². The van der Waals surface area contributed by atoms with Crippen molar-refractivity contribution in [1.82, 2.24) is 0 Å². The molecule has 3 rings (SSSR count). The smallest absolute Gasteiger partial charge is 0.343 e. The lowest BCUT2D eigenvalue weighted by Crippen LogP contribution is -2.08. The fraction of sp³-hybridized carbons (Fsp3) is 0.394. The molecule has 0 aliphatic heterocycles. The van der Waals surface area contributed by atoms with Gasteiger partial charge >= 0.3 is 5.97 Å². The van der Waals surface area contributed by atoms with E-state index in [1.807, 2.05) is 12.1 Å². The van der Waals surface area contributed by atoms with Gasteiger partial charge in [0.25, 0.3) is 0 Å². The van der Waals surface area contributed by atoms with Gasteiger partial charge in [-0.3, -0.25) is 4.99 Å². The predicted octanol–water partition coefficient (Wildman–Crippen LogP) is 8.83. The number of phenols is 1. The van der Waals surface area contributed by atoms with Crippen LogP contribution in [-0.4, -0.2) is 23.9 Å². The Morgan fingerprint density at radius 2 is 1.45 bits per heavy atom. The van der Waals surface area contributed by atoms with Gasteiger partial charge in [-0.05, 0) is 73.4 Å². The molecule has 0 heterocycles. The average Bonchev–Trinajstić information content (AvgIpc) is 2.93. The van der Waals surface area contributed by atoms with E-state index in [1.54, 1.807) is 42.6 Å². The van der Waals surface area contributed by atoms with E-state index >= 15 is 0 Å². The molecule has 0 unspecified atom stereocenters. The number of aliphatic imine (C=N–C) groups is 1. The molecular weight excluding hydrogens is 474 g/mol. The molecule has 0 radical (unpaired) electrons. The molecule has 0 aliphatic rings. The molecule has 0 saturated carbocycles. The molecule has 0 aromatic heterocycles. The summed E-state index contributed by atoms with van der Waals surface area (Å²) in [6.07, 6.45) is 13.6. The van der Waals surface area contributed by atoms with Crippen molar-refractivity contribution in [1.29, 1.82) is 0 Å². The standard InChI is InChI=1S/C33H41NO4/c1-3-5-7-8-9-11-23-37-30-20-15-27(16-21-30)33(36)38-31-22-17-28(32(35)24-31)25-34-29-18-13-26(14-19-29)12-10-6-4-2/h13-22,24-25,35H,3-12,23H2,1-2H3. The van der Waals surface area contributed by atoms with Gasteiger partial charge in [0, 0.05) is 17.8 Å². The van der Waals surface area contributed by atoms with Crippen LogP contribution in [-0.2, 0) is 6.42 Å². The number of aromatic hydroxyl groups is 1. The van der Waals surface area contributed by atoms with Crippen molar-refractivity contribution in [3.63, 3.8) is 0 Å². The Kier molecular flexibility index (Phi) is 12.4. The number of hydrogen-bond acceptors (Lipinski definition) is 5. The Labute approximate surface area is 227 Å². The van der Waals surface area contributed by atoms with Gasteiger partial charge in [0.1, 0.15) is 17.2 Å². The maximum atomic E-state index is 12.6. The molecule has 0 bridgehead atoms. The van der Waals surface area contributed by atoms with E-state index in [4.69, 9.17) is 9.47 Å². The fourth-order valence-electron chi connectivity index (χ4n) is 4.09. The zero-order chi connectivity index (χ0) is 27.0. The third-order valence-electron chi connectivity index (χ3n) is 6.43. The van der Waals surface area contributed by atoms with E-state index < -0.39 is 5.97 Å². The van der Waals surface area contributed by atoms with Gasteiger partial charge in [-0.2, -0.15) is 0 Å². The highest BCUT2D eigenvalue weighted by molar-refractivity contribution is 5.91. The van der Waals surface area contributed by atoms with Crippen molar-refractivity contribution in [2.45, 2.75) is 78.1 Å². The molecule has 0 atom stereocenters. The maximum Gasteiger partial charge on any atom is 0.343 e. The van der Waals surface area contributed by atoms with Crippen LogP contribution in [0.15, 0.2) is 71.7 Å². The molecule has 3 aromatic carbocycles. The van der Waals surface area contributed by atoms with Gasteiger partial charge in [0.05, 0.1) is 17.9 Å². The summed E-state index contributed by atoms with van der Waals surface area (Å²) in [4.78, 5) is 17.0. The fourth-order valence-corrected chi connectivity index (χ4v) is 4.09. The second kappa shape index (κ2) is 16.3. The Bertz CT molecular complexity index is 1140. The van der Waals surface area contributed by atoms with Crippen molar-refractivity contribution in [3.05, 3.63) is 83.4 Å². The minimum absolute atomic E-state index is 0.00585. The zero-order valence-corrected chi connectivity index (χ0v) is 22.8. The molecule has 0 spiro atoms. The number of esters is 1. The molecule has 38 heavy (non-hydrogen) atoms. The number of unbranched alkanes of at least 4 members (excludes halogenated alkanes) is 7. The molecular formula is C33H41NO4. The largest absolute Gasteiger partial charge is 0.507 e. The van der Waals surface area contributed by atoms with E-state index in [1.165, 1.54) is 63.0 Å². The highest BCUT2D eigenvalue weighted by Gasteiger charge is 2.11. The SMILES string of the molecule is CCCCCCCCOc1ccc(C(=O)Oc2ccc(C=Nc3ccc(CCCCC)cc3)c(O)c2)cc1. The predicted molar refractivity (Wildman–Crippen MR) is 155 cm³/mol. The van der Waals surface area contributed by atoms with Crippen LogP contribution in [0.25, 0.3) is 0 Å². The van der Waals surface area contributed by atoms with E-state index in [0.717, 1.165) is 24.3 Å². The third-order valence-corrected chi connectivity index (χ3v) is 6.43. The Morgan fingerprint density at radius 3 is 2.16 bits per heavy atom. The number of benzene rings is 3. The number of hydrogen-bond donors (Lipinski definition) is 1. The highest BCUT2D eigenvalue weighted by Crippen LogP contribution is 2.25. The monoisotopic (exact) mass is 515 g/mol. The van der Waals surface area contributed by atoms with Gasteiger partial charge < -0.3 is 14.6 Å². The third kappa shape index (κ3) is 10.0. The Morgan fingerprint density at radius 1 is 0.789 bits per heavy atom. The average molecular weight is 516 g/mol. The lowest BCUT2D eigenvalue weighted by Gasteiger charge is -2.08. The van der Waals surface area contributed by atoms with Gasteiger partial charge in [-0.25, -0.2) is 4.79 Å². The molecule has 0 aliphatic carbocycles. The van der Waals surface area contributed by atoms with Crippen LogP contribution in [0.3, 0.4) is 0 Å². The van der Waals surface area contributed by atoms with E-state index in [-0.39, 0.29) is 11.5 Å². The minimum Gasteiger partial charge on any atom is -0.507 e. The van der Waals surface area contributed by atoms with E-state index in [9.17, 15) is 9.90 Å². The van der Waals surface area contributed by atoms with Gasteiger partial charge in [0.15, 0.2) is 0 Å². The number of carbonyl (C=O) groups is 1. The van der Waals surface area contributed by atoms with Crippen LogP contribution < -0.4 is 9.47 Å². The van der Waals surface area contributed by atoms with E-state index in [0.29, 0.717) is 17.7 Å². The topological polar surface area (TPSA) is 68.1 Å². The number of nitrogens with zero attached hydrogens (tertiary/aromatic N) is 1. The van der Waals surface area contributed by atoms with Crippen LogP contribution in [0.1, 0.15) is 93.1 Å². The van der Waals surface area contributed by atoms with Gasteiger partial charge in [-0.1, -0.05) is 70.9 Å². The molecule has 0 saturated heterocycles. The lowest BCUT2D eigenvalue weighted by atomic mass is 10.1. The summed E-state index contributed by atoms with van der Waals surface area (Å²) in [5.74, 6) is 0.507. The van der Waals surface area contributed by atoms with Gasteiger partial charge in [-0.15, -0.1) is 0 Å². The van der Waals surface area contributed by atoms with Crippen LogP contribution in [0.4, 0.5) is 5.69 Å². The quantitative estimate of drug-likeness (QED) is 0.0895. The summed E-state index contributed by atoms with van der Waals surface area (Å²) in [7, 11) is 0. The van der Waals surface area contributed by atoms with Crippen LogP contribution >= 0.6 is 0 Å². The first-order chi connectivity index (χ1) is 18.6. The zero-order valence-electron chi connectivity index (χ0n) is 22.8. The molecule has 0 amide bonds. The van der Waals surface area contributed by atoms with E-state index in [2.05, 4.69) is 31.0 Å². The van der Waals surface area contributed by atoms with Crippen molar-refractivity contribution in [2.24, 2.45) is 4.99 Å². The second-order valence-electron chi connectivity index (χ2n) is 9.63. The molecule has 5 nitrogen and oxygen atoms in total. The summed E-state index contributed by atoms with van der Waals surface area (Å²) in [5.41, 5.74) is 3.09. The lowest BCUT2D eigenvalue weighted by molar-refractivity contribution is 0.0734. The first-order valence-electron chi connectivity index (χ1n) is 14.0. The van der Waals surface area contributed by atoms with Crippen LogP contribution in [0, 0.1) is 0 Å². The first kappa shape index (κ1) is 29.0. The highest BCUT2D eigenvalue weighted by atomic mass is 16.5. The Balaban J connectivity index is 1.47. The number of carbonyl (C=O) groups excluding carboxylic acids is 1. The van der Waals surface area contributed by atoms with Crippen molar-refractivity contribution in [2.75, 3.05) is 6.61 Å². The second-order valence-corrected chi connectivity index (χ2v) is 9.63. The normalized spacial score (nSPS) is 11.1. The van der Waals surface area contributed by atoms with Crippen LogP contribution in [0.5, 0.6) is 17.2 Å². The minimum atomic E-state index is -0.493. The maximum absolute atomic E-state index is 12.6. The summed E-state index contributed by atoms with van der Waals surface area (Å²) in [5, 5.41) is 10.4.